The topological polar surface area (TPSA) is 33.6 Å². The highest BCUT2D eigenvalue weighted by Gasteiger charge is 2.23. The summed E-state index contributed by atoms with van der Waals surface area (Å²) >= 11 is 0. The van der Waals surface area contributed by atoms with Gasteiger partial charge in [0, 0.05) is 11.1 Å². The lowest BCUT2D eigenvalue weighted by Crippen LogP contribution is -2.22. The Morgan fingerprint density at radius 3 is 2.31 bits per heavy atom. The molecule has 0 atom stereocenters. The van der Waals surface area contributed by atoms with Crippen LogP contribution < -0.4 is 5.32 Å². The largest absolute Gasteiger partial charge is 0.425 e. The molecule has 3 aromatic rings. The van der Waals surface area contributed by atoms with Crippen molar-refractivity contribution < 1.29 is 4.74 Å². The summed E-state index contributed by atoms with van der Waals surface area (Å²) in [4.78, 5) is 4.71. The number of benzene rings is 3. The van der Waals surface area contributed by atoms with E-state index in [-0.39, 0.29) is 0 Å². The molecule has 0 aliphatic carbocycles. The first-order chi connectivity index (χ1) is 14.3. The third kappa shape index (κ3) is 4.57. The van der Waals surface area contributed by atoms with Crippen molar-refractivity contribution >= 4 is 23.0 Å². The number of allylic oxidation sites excluding steroid dienone is 1. The Kier molecular flexibility index (Phi) is 6.06. The van der Waals surface area contributed by atoms with Crippen LogP contribution in [0.3, 0.4) is 0 Å². The summed E-state index contributed by atoms with van der Waals surface area (Å²) in [7, 11) is 0. The predicted octanol–water partition coefficient (Wildman–Crippen LogP) is 6.74. The number of nitrogens with one attached hydrogen (secondary N) is 1. The van der Waals surface area contributed by atoms with Gasteiger partial charge in [0.25, 0.3) is 6.02 Å². The van der Waals surface area contributed by atoms with E-state index in [0.717, 1.165) is 41.8 Å². The van der Waals surface area contributed by atoms with E-state index in [2.05, 4.69) is 72.9 Å². The van der Waals surface area contributed by atoms with Gasteiger partial charge in [-0.3, -0.25) is 0 Å². The van der Waals surface area contributed by atoms with Crippen molar-refractivity contribution in [3.8, 4) is 0 Å². The molecule has 1 heterocycles. The molecule has 0 saturated carbocycles. The number of ether oxygens (including phenoxy) is 1. The molecule has 4 rings (SSSR count). The van der Waals surface area contributed by atoms with Crippen LogP contribution in [0.2, 0.25) is 0 Å². The van der Waals surface area contributed by atoms with Gasteiger partial charge in [-0.25, -0.2) is 4.99 Å². The van der Waals surface area contributed by atoms with Crippen molar-refractivity contribution in [3.63, 3.8) is 0 Å². The Labute approximate surface area is 172 Å². The second-order valence-corrected chi connectivity index (χ2v) is 7.16. The number of rotatable bonds is 6. The molecule has 1 aliphatic rings. The lowest BCUT2D eigenvalue weighted by atomic mass is 9.95. The van der Waals surface area contributed by atoms with Gasteiger partial charge in [0.15, 0.2) is 0 Å². The molecule has 0 amide bonds. The average Bonchev–Trinajstić information content (AvgIpc) is 2.79. The lowest BCUT2D eigenvalue weighted by molar-refractivity contribution is 0.495. The fraction of sp³-hybridized carbons (Fsp3) is 0.192. The second-order valence-electron chi connectivity index (χ2n) is 7.16. The maximum Gasteiger partial charge on any atom is 0.295 e. The van der Waals surface area contributed by atoms with Crippen LogP contribution in [0.25, 0.3) is 11.3 Å². The van der Waals surface area contributed by atoms with Gasteiger partial charge in [-0.15, -0.1) is 0 Å². The molecule has 0 bridgehead atoms. The van der Waals surface area contributed by atoms with Crippen LogP contribution in [-0.4, -0.2) is 6.02 Å². The Morgan fingerprint density at radius 1 is 0.862 bits per heavy atom. The molecule has 0 aromatic heterocycles. The number of para-hydroxylation sites is 1. The fourth-order valence-corrected chi connectivity index (χ4v) is 3.51. The third-order valence-electron chi connectivity index (χ3n) is 5.04. The van der Waals surface area contributed by atoms with Gasteiger partial charge in [0.2, 0.25) is 0 Å². The minimum Gasteiger partial charge on any atom is -0.425 e. The Bertz CT molecular complexity index is 1010. The van der Waals surface area contributed by atoms with Crippen LogP contribution in [0.5, 0.6) is 0 Å². The van der Waals surface area contributed by atoms with Gasteiger partial charge in [-0.1, -0.05) is 86.1 Å². The highest BCUT2D eigenvalue weighted by Crippen LogP contribution is 2.37. The van der Waals surface area contributed by atoms with Crippen molar-refractivity contribution in [3.05, 3.63) is 102 Å². The Balaban J connectivity index is 1.76. The normalized spacial score (nSPS) is 16.0. The second kappa shape index (κ2) is 9.24. The third-order valence-corrected chi connectivity index (χ3v) is 5.04. The molecular weight excluding hydrogens is 356 g/mol. The zero-order chi connectivity index (χ0) is 19.9. The molecule has 3 nitrogen and oxygen atoms in total. The Morgan fingerprint density at radius 2 is 1.55 bits per heavy atom. The molecule has 1 N–H and O–H groups in total. The van der Waals surface area contributed by atoms with Crippen molar-refractivity contribution in [1.82, 2.24) is 0 Å². The van der Waals surface area contributed by atoms with Gasteiger partial charge in [0.1, 0.15) is 5.76 Å². The van der Waals surface area contributed by atoms with Crippen LogP contribution in [0.1, 0.15) is 42.9 Å². The van der Waals surface area contributed by atoms with E-state index >= 15 is 0 Å². The number of hydrogen-bond acceptors (Lipinski definition) is 2. The molecule has 0 spiro atoms. The highest BCUT2D eigenvalue weighted by atomic mass is 16.5. The van der Waals surface area contributed by atoms with E-state index in [1.54, 1.807) is 0 Å². The lowest BCUT2D eigenvalue weighted by Gasteiger charge is -2.25. The molecule has 3 aromatic carbocycles. The first-order valence-electron chi connectivity index (χ1n) is 10.3. The van der Waals surface area contributed by atoms with Gasteiger partial charge < -0.3 is 10.1 Å². The zero-order valence-electron chi connectivity index (χ0n) is 16.8. The number of aliphatic imine (C=N–C) groups is 1. The number of fused-ring (bicyclic) bond motifs is 1. The molecule has 0 radical (unpaired) electrons. The number of nitrogens with zero attached hydrogens (tertiary/aromatic N) is 1. The average molecular weight is 383 g/mol. The van der Waals surface area contributed by atoms with E-state index in [1.807, 2.05) is 24.3 Å². The van der Waals surface area contributed by atoms with E-state index in [1.165, 1.54) is 11.1 Å². The summed E-state index contributed by atoms with van der Waals surface area (Å²) in [5.74, 6) is 0.908. The maximum absolute atomic E-state index is 6.37. The van der Waals surface area contributed by atoms with Gasteiger partial charge in [-0.2, -0.15) is 0 Å². The standard InChI is InChI=1S/C26H26N2O/c1-2-3-16-22(21-14-8-5-9-15-21)25-23-17-10-11-18-24(23)28-26(29-25)27-19-20-12-6-4-7-13-20/h4-15,17-18H,2-3,16,19H2,1H3,(H,27,28)/b25-22-. The molecular formula is C26H26N2O. The molecule has 0 unspecified atom stereocenters. The van der Waals surface area contributed by atoms with Gasteiger partial charge in [-0.05, 0) is 36.1 Å². The first kappa shape index (κ1) is 19.0. The fourth-order valence-electron chi connectivity index (χ4n) is 3.51. The van der Waals surface area contributed by atoms with Crippen molar-refractivity contribution in [2.45, 2.75) is 32.7 Å². The summed E-state index contributed by atoms with van der Waals surface area (Å²) in [5.41, 5.74) is 5.71. The first-order valence-corrected chi connectivity index (χ1v) is 10.3. The molecule has 1 aliphatic heterocycles. The van der Waals surface area contributed by atoms with E-state index in [4.69, 9.17) is 9.73 Å². The maximum atomic E-state index is 6.37. The monoisotopic (exact) mass is 382 g/mol. The van der Waals surface area contributed by atoms with Gasteiger partial charge >= 0.3 is 0 Å². The van der Waals surface area contributed by atoms with Crippen LogP contribution in [0.15, 0.2) is 89.9 Å². The molecule has 29 heavy (non-hydrogen) atoms. The zero-order valence-corrected chi connectivity index (χ0v) is 16.8. The minimum atomic E-state index is 0.549. The minimum absolute atomic E-state index is 0.549. The summed E-state index contributed by atoms with van der Waals surface area (Å²) in [6.07, 6.45) is 3.22. The molecule has 3 heteroatoms. The van der Waals surface area contributed by atoms with Crippen molar-refractivity contribution in [2.24, 2.45) is 4.99 Å². The number of anilines is 1. The van der Waals surface area contributed by atoms with Crippen LogP contribution in [-0.2, 0) is 11.3 Å². The number of unbranched alkanes of at least 4 members (excludes halogenated alkanes) is 1. The summed E-state index contributed by atoms with van der Waals surface area (Å²) in [6, 6.07) is 29.6. The summed E-state index contributed by atoms with van der Waals surface area (Å²) in [5, 5.41) is 3.35. The molecule has 146 valence electrons. The van der Waals surface area contributed by atoms with Crippen molar-refractivity contribution in [1.29, 1.82) is 0 Å². The van der Waals surface area contributed by atoms with Crippen LogP contribution in [0, 0.1) is 0 Å². The van der Waals surface area contributed by atoms with E-state index in [0.29, 0.717) is 12.6 Å². The molecule has 0 saturated heterocycles. The van der Waals surface area contributed by atoms with Crippen LogP contribution in [0.4, 0.5) is 5.69 Å². The van der Waals surface area contributed by atoms with E-state index in [9.17, 15) is 0 Å². The Hall–Kier alpha value is -3.33. The highest BCUT2D eigenvalue weighted by molar-refractivity contribution is 6.05. The van der Waals surface area contributed by atoms with E-state index < -0.39 is 0 Å². The molecule has 0 fully saturated rings. The smallest absolute Gasteiger partial charge is 0.295 e. The van der Waals surface area contributed by atoms with Gasteiger partial charge in [0.05, 0.1) is 12.2 Å². The number of hydrogen-bond donors (Lipinski definition) is 1. The number of amidine groups is 1. The summed E-state index contributed by atoms with van der Waals surface area (Å²) < 4.78 is 6.37. The predicted molar refractivity (Wildman–Crippen MR) is 122 cm³/mol. The summed E-state index contributed by atoms with van der Waals surface area (Å²) in [6.45, 7) is 2.80. The van der Waals surface area contributed by atoms with Crippen LogP contribution >= 0.6 is 0 Å². The SMILES string of the molecule is CCCC/C(=C1/OC(=NCc2ccccc2)Nc2ccccc21)c1ccccc1. The van der Waals surface area contributed by atoms with Crippen molar-refractivity contribution in [2.75, 3.05) is 5.32 Å². The quantitative estimate of drug-likeness (QED) is 0.512.